The molecule has 3 aromatic heterocycles. The normalized spacial score (nSPS) is 11.9. The molecule has 0 fully saturated rings. The van der Waals surface area contributed by atoms with Crippen LogP contribution in [0.25, 0.3) is 137 Å². The third-order valence-corrected chi connectivity index (χ3v) is 14.0. The number of pyridine rings is 2. The molecule has 0 aliphatic rings. The highest BCUT2D eigenvalue weighted by Gasteiger charge is 2.22. The molecule has 0 atom stereocenters. The summed E-state index contributed by atoms with van der Waals surface area (Å²) in [5.74, 6) is 0. The van der Waals surface area contributed by atoms with E-state index in [2.05, 4.69) is 222 Å². The molecule has 310 valence electrons. The second-order valence-electron chi connectivity index (χ2n) is 17.7. The maximum absolute atomic E-state index is 5.09. The number of nitrogens with zero attached hydrogens (tertiary/aromatic N) is 3. The molecule has 3 nitrogen and oxygen atoms in total. The third kappa shape index (κ3) is 5.85. The van der Waals surface area contributed by atoms with E-state index >= 15 is 0 Å². The number of hydrogen-bond acceptors (Lipinski definition) is 2. The molecule has 67 heavy (non-hydrogen) atoms. The van der Waals surface area contributed by atoms with E-state index in [1.807, 2.05) is 24.7 Å². The molecule has 0 unspecified atom stereocenters. The van der Waals surface area contributed by atoms with E-state index in [1.165, 1.54) is 86.9 Å². The lowest BCUT2D eigenvalue weighted by Gasteiger charge is -2.19. The van der Waals surface area contributed by atoms with Crippen LogP contribution in [0.15, 0.2) is 237 Å². The summed E-state index contributed by atoms with van der Waals surface area (Å²) in [7, 11) is 0. The molecule has 3 heteroatoms. The van der Waals surface area contributed by atoms with Crippen LogP contribution in [0.2, 0.25) is 0 Å². The van der Waals surface area contributed by atoms with Gasteiger partial charge in [0.1, 0.15) is 0 Å². The highest BCUT2D eigenvalue weighted by atomic mass is 15.0. The van der Waals surface area contributed by atoms with Crippen LogP contribution in [0.5, 0.6) is 0 Å². The Morgan fingerprint density at radius 1 is 0.299 bits per heavy atom. The van der Waals surface area contributed by atoms with Crippen LogP contribution in [0.4, 0.5) is 0 Å². The van der Waals surface area contributed by atoms with Gasteiger partial charge < -0.3 is 4.57 Å². The molecule has 0 bridgehead atoms. The zero-order valence-electron chi connectivity index (χ0n) is 36.4. The Balaban J connectivity index is 1.06. The number of benzene rings is 11. The van der Waals surface area contributed by atoms with E-state index < -0.39 is 0 Å². The average molecular weight is 850 g/mol. The summed E-state index contributed by atoms with van der Waals surface area (Å²) < 4.78 is 2.45. The lowest BCUT2D eigenvalue weighted by atomic mass is 9.84. The molecule has 0 spiro atoms. The molecule has 0 radical (unpaired) electrons. The predicted molar refractivity (Wildman–Crippen MR) is 283 cm³/mol. The topological polar surface area (TPSA) is 30.7 Å². The second kappa shape index (κ2) is 14.8. The van der Waals surface area contributed by atoms with Gasteiger partial charge in [0.25, 0.3) is 0 Å². The minimum absolute atomic E-state index is 0.917. The molecular weight excluding hydrogens is 811 g/mol. The van der Waals surface area contributed by atoms with Crippen LogP contribution in [-0.4, -0.2) is 14.5 Å². The fourth-order valence-corrected chi connectivity index (χ4v) is 11.0. The van der Waals surface area contributed by atoms with Crippen molar-refractivity contribution in [2.24, 2.45) is 0 Å². The molecule has 0 aliphatic heterocycles. The van der Waals surface area contributed by atoms with Crippen molar-refractivity contribution in [1.82, 2.24) is 14.5 Å². The Labute approximate surface area is 386 Å². The largest absolute Gasteiger partial charge is 0.308 e. The summed E-state index contributed by atoms with van der Waals surface area (Å²) in [6.07, 6.45) is 5.70. The number of rotatable bonds is 5. The first-order valence-corrected chi connectivity index (χ1v) is 23.0. The van der Waals surface area contributed by atoms with Crippen molar-refractivity contribution in [1.29, 1.82) is 0 Å². The van der Waals surface area contributed by atoms with E-state index in [9.17, 15) is 0 Å². The van der Waals surface area contributed by atoms with Crippen molar-refractivity contribution in [2.75, 3.05) is 0 Å². The summed E-state index contributed by atoms with van der Waals surface area (Å²) in [5.41, 5.74) is 12.5. The van der Waals surface area contributed by atoms with Crippen molar-refractivity contribution in [3.05, 3.63) is 237 Å². The van der Waals surface area contributed by atoms with Crippen molar-refractivity contribution >= 4 is 86.4 Å². The minimum Gasteiger partial charge on any atom is -0.308 e. The Hall–Kier alpha value is -8.92. The summed E-state index contributed by atoms with van der Waals surface area (Å²) in [6, 6.07) is 80.4. The molecule has 0 saturated heterocycles. The molecule has 0 N–H and O–H groups in total. The van der Waals surface area contributed by atoms with Gasteiger partial charge in [-0.3, -0.25) is 9.97 Å². The van der Waals surface area contributed by atoms with Crippen LogP contribution in [0, 0.1) is 0 Å². The highest BCUT2D eigenvalue weighted by molar-refractivity contribution is 6.23. The van der Waals surface area contributed by atoms with E-state index in [1.54, 1.807) is 0 Å². The Bertz CT molecular complexity index is 4330. The van der Waals surface area contributed by atoms with Crippen LogP contribution < -0.4 is 0 Å². The van der Waals surface area contributed by atoms with Gasteiger partial charge in [-0.25, -0.2) is 0 Å². The lowest BCUT2D eigenvalue weighted by Crippen LogP contribution is -1.96. The first-order chi connectivity index (χ1) is 33.2. The van der Waals surface area contributed by atoms with Gasteiger partial charge in [0.05, 0.1) is 22.4 Å². The summed E-state index contributed by atoms with van der Waals surface area (Å²) in [4.78, 5) is 9.64. The zero-order valence-corrected chi connectivity index (χ0v) is 36.4. The SMILES string of the molecule is c1cncc(-c2nccc3c2c2cc(-c4ccc5c(-c6ccc7ccccc7c6)c6ccccc6c(-c6ccc7ccccc7c6)c5c4)ccc2n3-c2cc3ccccc3c3ccccc23)c1. The Morgan fingerprint density at radius 3 is 1.54 bits per heavy atom. The highest BCUT2D eigenvalue weighted by Crippen LogP contribution is 2.47. The second-order valence-corrected chi connectivity index (χ2v) is 17.7. The van der Waals surface area contributed by atoms with Crippen molar-refractivity contribution in [3.8, 4) is 50.3 Å². The van der Waals surface area contributed by atoms with Crippen LogP contribution in [-0.2, 0) is 0 Å². The zero-order chi connectivity index (χ0) is 44.0. The maximum atomic E-state index is 5.09. The van der Waals surface area contributed by atoms with Gasteiger partial charge in [-0.15, -0.1) is 0 Å². The van der Waals surface area contributed by atoms with Gasteiger partial charge >= 0.3 is 0 Å². The van der Waals surface area contributed by atoms with Gasteiger partial charge in [0.2, 0.25) is 0 Å². The standard InChI is InChI=1S/C64H39N3/c1-3-14-42-34-47(25-23-40(42)12-1)61-53-21-9-10-22-54(53)62(48-26-24-41-13-2-4-15-43(41)35-48)56-36-44(27-29-55(56)61)45-28-30-58-57(37-45)63-59(31-33-66-64(63)49-17-11-32-65-39-49)67(58)60-38-46-16-5-6-18-50(46)51-19-7-8-20-52(51)60/h1-39H. The molecule has 14 aromatic rings. The molecule has 3 heterocycles. The summed E-state index contributed by atoms with van der Waals surface area (Å²) >= 11 is 0. The summed E-state index contributed by atoms with van der Waals surface area (Å²) in [5, 5.41) is 17.0. The molecule has 0 saturated carbocycles. The molecule has 0 aliphatic carbocycles. The van der Waals surface area contributed by atoms with E-state index in [4.69, 9.17) is 4.98 Å². The van der Waals surface area contributed by atoms with E-state index in [-0.39, 0.29) is 0 Å². The first kappa shape index (κ1) is 37.5. The number of fused-ring (bicyclic) bond motifs is 10. The van der Waals surface area contributed by atoms with Gasteiger partial charge in [0, 0.05) is 40.3 Å². The van der Waals surface area contributed by atoms with Crippen LogP contribution >= 0.6 is 0 Å². The Kier molecular flexibility index (Phi) is 8.28. The average Bonchev–Trinajstić information content (AvgIpc) is 3.73. The maximum Gasteiger partial charge on any atom is 0.0817 e. The van der Waals surface area contributed by atoms with Gasteiger partial charge in [0.15, 0.2) is 0 Å². The van der Waals surface area contributed by atoms with Crippen LogP contribution in [0.3, 0.4) is 0 Å². The van der Waals surface area contributed by atoms with Gasteiger partial charge in [-0.2, -0.15) is 0 Å². The number of aromatic nitrogens is 3. The molecule has 14 rings (SSSR count). The van der Waals surface area contributed by atoms with Crippen molar-refractivity contribution in [3.63, 3.8) is 0 Å². The van der Waals surface area contributed by atoms with Crippen LogP contribution in [0.1, 0.15) is 0 Å². The lowest BCUT2D eigenvalue weighted by molar-refractivity contribution is 1.19. The van der Waals surface area contributed by atoms with Crippen molar-refractivity contribution in [2.45, 2.75) is 0 Å². The minimum atomic E-state index is 0.917. The van der Waals surface area contributed by atoms with Gasteiger partial charge in [-0.1, -0.05) is 164 Å². The molecular formula is C64H39N3. The monoisotopic (exact) mass is 849 g/mol. The van der Waals surface area contributed by atoms with E-state index in [0.717, 1.165) is 49.9 Å². The molecule has 0 amide bonds. The fourth-order valence-electron chi connectivity index (χ4n) is 11.0. The molecule has 11 aromatic carbocycles. The predicted octanol–water partition coefficient (Wildman–Crippen LogP) is 17.2. The quantitative estimate of drug-likeness (QED) is 0.128. The fraction of sp³-hybridized carbons (Fsp3) is 0. The summed E-state index contributed by atoms with van der Waals surface area (Å²) in [6.45, 7) is 0. The number of hydrogen-bond donors (Lipinski definition) is 0. The van der Waals surface area contributed by atoms with Crippen molar-refractivity contribution < 1.29 is 0 Å². The Morgan fingerprint density at radius 2 is 0.851 bits per heavy atom. The first-order valence-electron chi connectivity index (χ1n) is 23.0. The third-order valence-electron chi connectivity index (χ3n) is 14.0. The smallest absolute Gasteiger partial charge is 0.0817 e. The van der Waals surface area contributed by atoms with Gasteiger partial charge in [-0.05, 0) is 147 Å². The van der Waals surface area contributed by atoms with E-state index in [0.29, 0.717) is 0 Å².